The summed E-state index contributed by atoms with van der Waals surface area (Å²) in [6.07, 6.45) is 1.94. The summed E-state index contributed by atoms with van der Waals surface area (Å²) in [5.74, 6) is 0. The zero-order chi connectivity index (χ0) is 9.52. The van der Waals surface area contributed by atoms with Gasteiger partial charge in [-0.05, 0) is 25.1 Å². The molecule has 0 unspecified atom stereocenters. The Morgan fingerprint density at radius 3 is 2.62 bits per heavy atom. The lowest BCUT2D eigenvalue weighted by Gasteiger charge is -2.20. The van der Waals surface area contributed by atoms with Crippen molar-refractivity contribution in [2.24, 2.45) is 0 Å². The molecule has 0 atom stereocenters. The summed E-state index contributed by atoms with van der Waals surface area (Å²) < 4.78 is 0. The van der Waals surface area contributed by atoms with Crippen LogP contribution < -0.4 is 4.90 Å². The van der Waals surface area contributed by atoms with Crippen molar-refractivity contribution in [3.8, 4) is 0 Å². The molecule has 0 spiro atoms. The van der Waals surface area contributed by atoms with Crippen LogP contribution in [0.25, 0.3) is 0 Å². The quantitative estimate of drug-likeness (QED) is 0.633. The van der Waals surface area contributed by atoms with Crippen molar-refractivity contribution in [1.29, 1.82) is 0 Å². The van der Waals surface area contributed by atoms with Crippen LogP contribution in [-0.4, -0.2) is 13.1 Å². The van der Waals surface area contributed by atoms with Crippen molar-refractivity contribution in [1.82, 2.24) is 0 Å². The predicted molar refractivity (Wildman–Crippen MR) is 58.0 cm³/mol. The third kappa shape index (κ3) is 2.81. The van der Waals surface area contributed by atoms with Gasteiger partial charge in [0.05, 0.1) is 0 Å². The predicted octanol–water partition coefficient (Wildman–Crippen LogP) is 2.85. The van der Waals surface area contributed by atoms with Gasteiger partial charge in [0, 0.05) is 18.8 Å². The smallest absolute Gasteiger partial charge is 0.0433 e. The van der Waals surface area contributed by atoms with Crippen LogP contribution in [0.4, 0.5) is 5.69 Å². The number of anilines is 1. The number of rotatable bonds is 4. The molecule has 1 aromatic carbocycles. The van der Waals surface area contributed by atoms with E-state index >= 15 is 0 Å². The van der Waals surface area contributed by atoms with Crippen molar-refractivity contribution >= 4 is 5.69 Å². The Hall–Kier alpha value is -1.46. The Morgan fingerprint density at radius 1 is 1.38 bits per heavy atom. The molecule has 0 N–H and O–H groups in total. The molecule has 1 aromatic rings. The molecule has 0 heterocycles. The van der Waals surface area contributed by atoms with E-state index in [9.17, 15) is 0 Å². The number of para-hydroxylation sites is 1. The summed E-state index contributed by atoms with van der Waals surface area (Å²) in [7, 11) is 0. The van der Waals surface area contributed by atoms with Gasteiger partial charge in [0.25, 0.3) is 0 Å². The van der Waals surface area contributed by atoms with Crippen molar-refractivity contribution in [2.75, 3.05) is 18.0 Å². The number of benzene rings is 1. The minimum Gasteiger partial charge on any atom is -0.367 e. The highest BCUT2D eigenvalue weighted by Gasteiger charge is 1.99. The summed E-state index contributed by atoms with van der Waals surface area (Å²) in [6, 6.07) is 10.4. The second-order valence-electron chi connectivity index (χ2n) is 2.78. The fourth-order valence-electron chi connectivity index (χ4n) is 1.23. The fourth-order valence-corrected chi connectivity index (χ4v) is 1.23. The van der Waals surface area contributed by atoms with Gasteiger partial charge in [-0.25, -0.2) is 0 Å². The third-order valence-electron chi connectivity index (χ3n) is 1.96. The summed E-state index contributed by atoms with van der Waals surface area (Å²) in [4.78, 5) is 2.26. The van der Waals surface area contributed by atoms with Crippen LogP contribution in [0.2, 0.25) is 0 Å². The molecule has 0 aliphatic rings. The first-order chi connectivity index (χ1) is 6.38. The maximum absolute atomic E-state index is 3.55. The summed E-state index contributed by atoms with van der Waals surface area (Å²) in [5.41, 5.74) is 4.03. The maximum atomic E-state index is 3.55. The average Bonchev–Trinajstić information content (AvgIpc) is 2.21. The van der Waals surface area contributed by atoms with Crippen molar-refractivity contribution < 1.29 is 0 Å². The Bertz CT molecular complexity index is 283. The highest BCUT2D eigenvalue weighted by atomic mass is 15.1. The monoisotopic (exact) mass is 173 g/mol. The van der Waals surface area contributed by atoms with Gasteiger partial charge in [0.1, 0.15) is 0 Å². The van der Waals surface area contributed by atoms with Gasteiger partial charge in [-0.1, -0.05) is 24.8 Å². The lowest BCUT2D eigenvalue weighted by atomic mass is 10.3. The third-order valence-corrected chi connectivity index (χ3v) is 1.96. The van der Waals surface area contributed by atoms with E-state index in [1.165, 1.54) is 5.69 Å². The zero-order valence-electron chi connectivity index (χ0n) is 8.03. The van der Waals surface area contributed by atoms with E-state index < -0.39 is 0 Å². The van der Waals surface area contributed by atoms with Crippen LogP contribution in [-0.2, 0) is 0 Å². The van der Waals surface area contributed by atoms with E-state index in [1.807, 2.05) is 12.1 Å². The van der Waals surface area contributed by atoms with Crippen molar-refractivity contribution in [3.05, 3.63) is 48.7 Å². The van der Waals surface area contributed by atoms with Gasteiger partial charge in [-0.15, -0.1) is 5.73 Å². The van der Waals surface area contributed by atoms with Gasteiger partial charge in [0.15, 0.2) is 0 Å². The molecule has 68 valence electrons. The van der Waals surface area contributed by atoms with Gasteiger partial charge in [-0.3, -0.25) is 0 Å². The van der Waals surface area contributed by atoms with Crippen LogP contribution >= 0.6 is 0 Å². The molecule has 0 aromatic heterocycles. The molecule has 1 heteroatoms. The Morgan fingerprint density at radius 2 is 2.08 bits per heavy atom. The second kappa shape index (κ2) is 5.23. The standard InChI is InChI=1S/C12H15N/c1-3-5-11-13(4-2)12-9-7-6-8-10-12/h5-10H,1,4,11H2,2H3. The summed E-state index contributed by atoms with van der Waals surface area (Å²) >= 11 is 0. The first-order valence-electron chi connectivity index (χ1n) is 4.52. The van der Waals surface area contributed by atoms with Crippen molar-refractivity contribution in [3.63, 3.8) is 0 Å². The highest BCUT2D eigenvalue weighted by molar-refractivity contribution is 5.46. The SMILES string of the molecule is C=C=CCN(CC)c1ccccc1. The van der Waals surface area contributed by atoms with Crippen LogP contribution in [0.3, 0.4) is 0 Å². The van der Waals surface area contributed by atoms with Crippen LogP contribution in [0, 0.1) is 0 Å². The summed E-state index contributed by atoms with van der Waals surface area (Å²) in [5, 5.41) is 0. The van der Waals surface area contributed by atoms with E-state index in [0.717, 1.165) is 13.1 Å². The van der Waals surface area contributed by atoms with E-state index in [1.54, 1.807) is 0 Å². The molecule has 0 saturated carbocycles. The van der Waals surface area contributed by atoms with Gasteiger partial charge in [-0.2, -0.15) is 0 Å². The van der Waals surface area contributed by atoms with Crippen LogP contribution in [0.5, 0.6) is 0 Å². The first-order valence-corrected chi connectivity index (χ1v) is 4.52. The minimum absolute atomic E-state index is 0.879. The molecule has 0 amide bonds. The second-order valence-corrected chi connectivity index (χ2v) is 2.78. The highest BCUT2D eigenvalue weighted by Crippen LogP contribution is 2.11. The molecule has 0 radical (unpaired) electrons. The van der Waals surface area contributed by atoms with Crippen molar-refractivity contribution in [2.45, 2.75) is 6.92 Å². The van der Waals surface area contributed by atoms with Gasteiger partial charge < -0.3 is 4.90 Å². The molecule has 1 rings (SSSR count). The number of nitrogens with zero attached hydrogens (tertiary/aromatic N) is 1. The molecule has 0 saturated heterocycles. The van der Waals surface area contributed by atoms with E-state index in [0.29, 0.717) is 0 Å². The molecule has 0 aliphatic carbocycles. The first kappa shape index (κ1) is 9.63. The molecule has 1 nitrogen and oxygen atoms in total. The molecule has 0 aliphatic heterocycles. The number of likely N-dealkylation sites (N-methyl/N-ethyl adjacent to an activating group) is 1. The van der Waals surface area contributed by atoms with Gasteiger partial charge >= 0.3 is 0 Å². The Kier molecular flexibility index (Phi) is 3.87. The zero-order valence-corrected chi connectivity index (χ0v) is 8.03. The van der Waals surface area contributed by atoms with Crippen LogP contribution in [0.1, 0.15) is 6.92 Å². The maximum Gasteiger partial charge on any atom is 0.0433 e. The summed E-state index contributed by atoms with van der Waals surface area (Å²) in [6.45, 7) is 7.58. The van der Waals surface area contributed by atoms with E-state index in [2.05, 4.69) is 48.4 Å². The molecule has 13 heavy (non-hydrogen) atoms. The number of hydrogen-bond donors (Lipinski definition) is 0. The van der Waals surface area contributed by atoms with Crippen LogP contribution in [0.15, 0.2) is 48.7 Å². The topological polar surface area (TPSA) is 3.24 Å². The Labute approximate surface area is 80.0 Å². The normalized spacial score (nSPS) is 9.00. The van der Waals surface area contributed by atoms with E-state index in [-0.39, 0.29) is 0 Å². The lowest BCUT2D eigenvalue weighted by Crippen LogP contribution is -2.22. The molecular weight excluding hydrogens is 158 g/mol. The van der Waals surface area contributed by atoms with E-state index in [4.69, 9.17) is 0 Å². The molecule has 0 fully saturated rings. The minimum atomic E-state index is 0.879. The lowest BCUT2D eigenvalue weighted by molar-refractivity contribution is 0.906. The fraction of sp³-hybridized carbons (Fsp3) is 0.250. The largest absolute Gasteiger partial charge is 0.367 e. The number of hydrogen-bond acceptors (Lipinski definition) is 1. The molecule has 0 bridgehead atoms. The van der Waals surface area contributed by atoms with Gasteiger partial charge in [0.2, 0.25) is 0 Å². The molecular formula is C12H15N. The average molecular weight is 173 g/mol. The Balaban J connectivity index is 2.72.